The maximum absolute atomic E-state index is 12.7. The van der Waals surface area contributed by atoms with Crippen molar-refractivity contribution in [3.05, 3.63) is 41.7 Å². The van der Waals surface area contributed by atoms with Crippen LogP contribution in [0.3, 0.4) is 0 Å². The molecule has 0 radical (unpaired) electrons. The number of benzene rings is 1. The van der Waals surface area contributed by atoms with Gasteiger partial charge < -0.3 is 10.6 Å². The van der Waals surface area contributed by atoms with Gasteiger partial charge in [0, 0.05) is 17.8 Å². The van der Waals surface area contributed by atoms with Crippen molar-refractivity contribution in [3.8, 4) is 0 Å². The summed E-state index contributed by atoms with van der Waals surface area (Å²) < 4.78 is 38.1. The number of rotatable bonds is 4. The van der Waals surface area contributed by atoms with Crippen LogP contribution in [0.5, 0.6) is 0 Å². The molecule has 1 aromatic heterocycles. The molecule has 0 unspecified atom stereocenters. The van der Waals surface area contributed by atoms with E-state index in [0.29, 0.717) is 23.9 Å². The van der Waals surface area contributed by atoms with Gasteiger partial charge in [0.25, 0.3) is 0 Å². The Kier molecular flexibility index (Phi) is 4.30. The van der Waals surface area contributed by atoms with Gasteiger partial charge in [-0.2, -0.15) is 13.2 Å². The second-order valence-corrected chi connectivity index (χ2v) is 4.43. The predicted octanol–water partition coefficient (Wildman–Crippen LogP) is 3.98. The van der Waals surface area contributed by atoms with Crippen LogP contribution in [0.15, 0.2) is 30.6 Å². The van der Waals surface area contributed by atoms with Gasteiger partial charge in [-0.3, -0.25) is 0 Å². The lowest BCUT2D eigenvalue weighted by atomic mass is 10.2. The lowest BCUT2D eigenvalue weighted by Gasteiger charge is -2.13. The van der Waals surface area contributed by atoms with Crippen LogP contribution in [0.1, 0.15) is 18.1 Å². The van der Waals surface area contributed by atoms with E-state index in [-0.39, 0.29) is 0 Å². The number of aromatic nitrogens is 2. The molecule has 0 aliphatic heterocycles. The molecular weight excluding hydrogens is 281 g/mol. The number of hydrogen-bond acceptors (Lipinski definition) is 4. The van der Waals surface area contributed by atoms with Gasteiger partial charge in [0.2, 0.25) is 0 Å². The van der Waals surface area contributed by atoms with Gasteiger partial charge in [0.15, 0.2) is 0 Å². The minimum atomic E-state index is -4.37. The average molecular weight is 296 g/mol. The van der Waals surface area contributed by atoms with Crippen LogP contribution >= 0.6 is 0 Å². The summed E-state index contributed by atoms with van der Waals surface area (Å²) in [6.07, 6.45) is -3.01. The summed E-state index contributed by atoms with van der Waals surface area (Å²) in [6.45, 7) is 4.43. The van der Waals surface area contributed by atoms with Crippen LogP contribution in [0.25, 0.3) is 0 Å². The summed E-state index contributed by atoms with van der Waals surface area (Å²) in [5, 5.41) is 5.96. The lowest BCUT2D eigenvalue weighted by molar-refractivity contribution is -0.137. The van der Waals surface area contributed by atoms with Crippen LogP contribution < -0.4 is 10.6 Å². The molecule has 2 N–H and O–H groups in total. The van der Waals surface area contributed by atoms with Crippen molar-refractivity contribution in [1.29, 1.82) is 0 Å². The molecule has 112 valence electrons. The summed E-state index contributed by atoms with van der Waals surface area (Å²) in [6, 6.07) is 4.99. The molecule has 2 rings (SSSR count). The number of alkyl halides is 3. The normalized spacial score (nSPS) is 11.3. The van der Waals surface area contributed by atoms with Gasteiger partial charge in [-0.25, -0.2) is 9.97 Å². The van der Waals surface area contributed by atoms with E-state index in [1.165, 1.54) is 12.4 Å². The summed E-state index contributed by atoms with van der Waals surface area (Å²) in [7, 11) is 0. The second-order valence-electron chi connectivity index (χ2n) is 4.43. The Bertz CT molecular complexity index is 626. The van der Waals surface area contributed by atoms with Gasteiger partial charge in [-0.05, 0) is 32.0 Å². The monoisotopic (exact) mass is 296 g/mol. The van der Waals surface area contributed by atoms with E-state index in [9.17, 15) is 13.2 Å². The highest BCUT2D eigenvalue weighted by molar-refractivity contribution is 5.64. The number of halogens is 3. The molecule has 21 heavy (non-hydrogen) atoms. The van der Waals surface area contributed by atoms with E-state index in [1.54, 1.807) is 13.0 Å². The van der Waals surface area contributed by atoms with Crippen LogP contribution in [-0.2, 0) is 6.18 Å². The van der Waals surface area contributed by atoms with Crippen molar-refractivity contribution in [3.63, 3.8) is 0 Å². The molecule has 0 amide bonds. The van der Waals surface area contributed by atoms with Crippen molar-refractivity contribution in [2.24, 2.45) is 0 Å². The molecule has 0 bridgehead atoms. The molecule has 2 aromatic rings. The molecule has 1 heterocycles. The van der Waals surface area contributed by atoms with Crippen molar-refractivity contribution < 1.29 is 13.2 Å². The van der Waals surface area contributed by atoms with Gasteiger partial charge >= 0.3 is 6.18 Å². The lowest BCUT2D eigenvalue weighted by Crippen LogP contribution is -2.07. The molecule has 0 aliphatic carbocycles. The molecule has 1 aromatic carbocycles. The Labute approximate surface area is 120 Å². The smallest absolute Gasteiger partial charge is 0.370 e. The maximum Gasteiger partial charge on any atom is 0.416 e. The molecule has 0 fully saturated rings. The first-order valence-corrected chi connectivity index (χ1v) is 6.41. The van der Waals surface area contributed by atoms with Crippen LogP contribution in [0, 0.1) is 6.92 Å². The molecular formula is C14H15F3N4. The molecule has 0 saturated heterocycles. The minimum Gasteiger partial charge on any atom is -0.370 e. The highest BCUT2D eigenvalue weighted by Crippen LogP contribution is 2.31. The molecule has 0 saturated carbocycles. The Morgan fingerprint density at radius 3 is 2.52 bits per heavy atom. The van der Waals surface area contributed by atoms with Gasteiger partial charge in [-0.1, -0.05) is 6.07 Å². The fraction of sp³-hybridized carbons (Fsp3) is 0.286. The van der Waals surface area contributed by atoms with Crippen molar-refractivity contribution >= 4 is 17.3 Å². The van der Waals surface area contributed by atoms with Crippen molar-refractivity contribution in [1.82, 2.24) is 9.97 Å². The molecule has 7 heteroatoms. The summed E-state index contributed by atoms with van der Waals surface area (Å²) >= 11 is 0. The van der Waals surface area contributed by atoms with E-state index >= 15 is 0 Å². The zero-order valence-electron chi connectivity index (χ0n) is 11.6. The fourth-order valence-electron chi connectivity index (χ4n) is 1.83. The van der Waals surface area contributed by atoms with E-state index in [0.717, 1.165) is 17.7 Å². The summed E-state index contributed by atoms with van der Waals surface area (Å²) in [5.74, 6) is 1.13. The second kappa shape index (κ2) is 5.99. The van der Waals surface area contributed by atoms with Gasteiger partial charge in [-0.15, -0.1) is 0 Å². The molecule has 0 aliphatic rings. The fourth-order valence-corrected chi connectivity index (χ4v) is 1.83. The third-order valence-electron chi connectivity index (χ3n) is 2.88. The molecule has 4 nitrogen and oxygen atoms in total. The minimum absolute atomic E-state index is 0.328. The Hall–Kier alpha value is -2.31. The zero-order valence-corrected chi connectivity index (χ0v) is 11.6. The van der Waals surface area contributed by atoms with Crippen molar-refractivity contribution in [2.75, 3.05) is 17.2 Å². The largest absolute Gasteiger partial charge is 0.416 e. The first-order chi connectivity index (χ1) is 9.91. The third-order valence-corrected chi connectivity index (χ3v) is 2.88. The van der Waals surface area contributed by atoms with Gasteiger partial charge in [0.05, 0.1) is 5.56 Å². The maximum atomic E-state index is 12.7. The predicted molar refractivity (Wildman–Crippen MR) is 75.7 cm³/mol. The number of anilines is 3. The topological polar surface area (TPSA) is 49.8 Å². The van der Waals surface area contributed by atoms with E-state index in [2.05, 4.69) is 20.6 Å². The van der Waals surface area contributed by atoms with Crippen LogP contribution in [0.4, 0.5) is 30.5 Å². The number of hydrogen-bond donors (Lipinski definition) is 2. The Morgan fingerprint density at radius 2 is 1.86 bits per heavy atom. The van der Waals surface area contributed by atoms with Gasteiger partial charge in [0.1, 0.15) is 18.0 Å². The van der Waals surface area contributed by atoms with Crippen LogP contribution in [-0.4, -0.2) is 16.5 Å². The molecule has 0 atom stereocenters. The summed E-state index contributed by atoms with van der Waals surface area (Å²) in [5.41, 5.74) is 0.372. The first-order valence-electron chi connectivity index (χ1n) is 6.41. The quantitative estimate of drug-likeness (QED) is 0.896. The highest BCUT2D eigenvalue weighted by atomic mass is 19.4. The standard InChI is InChI=1S/C14H15F3N4/c1-3-18-12-9(2)13(20-8-19-12)21-11-6-4-5-10(7-11)14(15,16)17/h4-8H,3H2,1-2H3,(H2,18,19,20,21). The molecule has 0 spiro atoms. The van der Waals surface area contributed by atoms with Crippen LogP contribution in [0.2, 0.25) is 0 Å². The highest BCUT2D eigenvalue weighted by Gasteiger charge is 2.30. The first kappa shape index (κ1) is 15.1. The zero-order chi connectivity index (χ0) is 15.5. The number of nitrogens with zero attached hydrogens (tertiary/aromatic N) is 2. The SMILES string of the molecule is CCNc1ncnc(Nc2cccc(C(F)(F)F)c2)c1C. The average Bonchev–Trinajstić information content (AvgIpc) is 2.43. The van der Waals surface area contributed by atoms with E-state index in [4.69, 9.17) is 0 Å². The van der Waals surface area contributed by atoms with Crippen molar-refractivity contribution in [2.45, 2.75) is 20.0 Å². The number of nitrogens with one attached hydrogen (secondary N) is 2. The Balaban J connectivity index is 2.28. The Morgan fingerprint density at radius 1 is 1.14 bits per heavy atom. The van der Waals surface area contributed by atoms with E-state index in [1.807, 2.05) is 6.92 Å². The third kappa shape index (κ3) is 3.62. The summed E-state index contributed by atoms with van der Waals surface area (Å²) in [4.78, 5) is 8.15. The van der Waals surface area contributed by atoms with E-state index < -0.39 is 11.7 Å².